The highest BCUT2D eigenvalue weighted by Crippen LogP contribution is 2.34. The topological polar surface area (TPSA) is 50.4 Å². The minimum atomic E-state index is -0.194. The fourth-order valence-corrected chi connectivity index (χ4v) is 2.72. The molecule has 2 aliphatic rings. The van der Waals surface area contributed by atoms with Crippen molar-refractivity contribution >= 4 is 18.3 Å². The first kappa shape index (κ1) is 16.3. The van der Waals surface area contributed by atoms with Crippen LogP contribution in [0, 0.1) is 5.92 Å². The summed E-state index contributed by atoms with van der Waals surface area (Å²) in [4.78, 5) is 12.3. The minimum Gasteiger partial charge on any atom is -0.378 e. The molecule has 2 unspecified atom stereocenters. The lowest BCUT2D eigenvalue weighted by atomic mass is 10.0. The fourth-order valence-electron chi connectivity index (χ4n) is 2.72. The third kappa shape index (κ3) is 4.70. The Kier molecular flexibility index (Phi) is 6.03. The van der Waals surface area contributed by atoms with E-state index < -0.39 is 0 Å². The lowest BCUT2D eigenvalue weighted by Crippen LogP contribution is -2.54. The number of carbonyl (C=O) groups excluding carboxylic acids is 1. The zero-order valence-electron chi connectivity index (χ0n) is 12.1. The number of hydrogen-bond donors (Lipinski definition) is 2. The van der Waals surface area contributed by atoms with E-state index in [0.717, 1.165) is 13.0 Å². The molecule has 3 rings (SSSR count). The van der Waals surface area contributed by atoms with Crippen LogP contribution in [-0.2, 0) is 16.0 Å². The van der Waals surface area contributed by atoms with Crippen LogP contribution >= 0.6 is 12.4 Å². The van der Waals surface area contributed by atoms with Crippen molar-refractivity contribution < 1.29 is 9.53 Å². The van der Waals surface area contributed by atoms with E-state index in [1.807, 2.05) is 6.07 Å². The summed E-state index contributed by atoms with van der Waals surface area (Å²) in [6.07, 6.45) is 3.38. The highest BCUT2D eigenvalue weighted by Gasteiger charge is 2.34. The van der Waals surface area contributed by atoms with Crippen molar-refractivity contribution in [3.63, 3.8) is 0 Å². The van der Waals surface area contributed by atoms with Gasteiger partial charge in [-0.2, -0.15) is 0 Å². The molecule has 1 heterocycles. The lowest BCUT2D eigenvalue weighted by molar-refractivity contribution is -0.126. The van der Waals surface area contributed by atoms with Crippen molar-refractivity contribution in [1.82, 2.24) is 10.6 Å². The van der Waals surface area contributed by atoms with Crippen LogP contribution in [0.1, 0.15) is 18.4 Å². The molecule has 4 nitrogen and oxygen atoms in total. The Morgan fingerprint density at radius 1 is 1.33 bits per heavy atom. The van der Waals surface area contributed by atoms with E-state index in [-0.39, 0.29) is 30.4 Å². The Balaban J connectivity index is 0.00000161. The quantitative estimate of drug-likeness (QED) is 0.867. The molecule has 1 aliphatic heterocycles. The van der Waals surface area contributed by atoms with Crippen molar-refractivity contribution in [2.45, 2.75) is 31.3 Å². The number of nitrogens with one attached hydrogen (secondary N) is 2. The van der Waals surface area contributed by atoms with Crippen LogP contribution in [0.4, 0.5) is 0 Å². The van der Waals surface area contributed by atoms with Gasteiger partial charge in [-0.3, -0.25) is 4.79 Å². The van der Waals surface area contributed by atoms with Crippen LogP contribution < -0.4 is 10.6 Å². The molecule has 2 fully saturated rings. The van der Waals surface area contributed by atoms with E-state index in [0.29, 0.717) is 19.1 Å². The molecular formula is C16H23ClN2O2. The number of ether oxygens (including phenoxy) is 1. The monoisotopic (exact) mass is 310 g/mol. The number of morpholine rings is 1. The third-order valence-corrected chi connectivity index (χ3v) is 4.06. The van der Waals surface area contributed by atoms with Crippen LogP contribution in [0.5, 0.6) is 0 Å². The van der Waals surface area contributed by atoms with Crippen LogP contribution in [0.25, 0.3) is 0 Å². The van der Waals surface area contributed by atoms with Gasteiger partial charge in [0.1, 0.15) is 6.04 Å². The molecule has 0 bridgehead atoms. The number of carbonyl (C=O) groups is 1. The van der Waals surface area contributed by atoms with Gasteiger partial charge in [0.2, 0.25) is 5.91 Å². The Bertz CT molecular complexity index is 445. The predicted octanol–water partition coefficient (Wildman–Crippen LogP) is 1.53. The highest BCUT2D eigenvalue weighted by molar-refractivity contribution is 5.85. The number of halogens is 1. The zero-order chi connectivity index (χ0) is 13.8. The summed E-state index contributed by atoms with van der Waals surface area (Å²) in [6, 6.07) is 10.5. The van der Waals surface area contributed by atoms with Crippen LogP contribution in [0.3, 0.4) is 0 Å². The maximum absolute atomic E-state index is 12.3. The molecule has 5 heteroatoms. The second kappa shape index (κ2) is 7.78. The summed E-state index contributed by atoms with van der Waals surface area (Å²) in [5, 5.41) is 6.43. The zero-order valence-corrected chi connectivity index (χ0v) is 12.9. The Morgan fingerprint density at radius 2 is 2.10 bits per heavy atom. The number of rotatable bonds is 5. The first-order valence-corrected chi connectivity index (χ1v) is 7.48. The van der Waals surface area contributed by atoms with Gasteiger partial charge in [0.25, 0.3) is 0 Å². The van der Waals surface area contributed by atoms with Gasteiger partial charge in [-0.25, -0.2) is 0 Å². The molecule has 1 aromatic carbocycles. The molecule has 21 heavy (non-hydrogen) atoms. The minimum absolute atomic E-state index is 0. The average Bonchev–Trinajstić information content (AvgIpc) is 3.33. The summed E-state index contributed by atoms with van der Waals surface area (Å²) in [5.41, 5.74) is 1.29. The summed E-state index contributed by atoms with van der Waals surface area (Å²) in [7, 11) is 0. The van der Waals surface area contributed by atoms with Gasteiger partial charge in [0.15, 0.2) is 0 Å². The van der Waals surface area contributed by atoms with Crippen LogP contribution in [0.15, 0.2) is 30.3 Å². The largest absolute Gasteiger partial charge is 0.378 e. The van der Waals surface area contributed by atoms with Gasteiger partial charge >= 0.3 is 0 Å². The molecule has 0 aromatic heterocycles. The molecule has 1 aliphatic carbocycles. The first-order chi connectivity index (χ1) is 9.83. The number of hydrogen-bond acceptors (Lipinski definition) is 3. The molecule has 0 spiro atoms. The summed E-state index contributed by atoms with van der Waals surface area (Å²) in [5.74, 6) is 0.723. The fraction of sp³-hybridized carbons (Fsp3) is 0.562. The van der Waals surface area contributed by atoms with Gasteiger partial charge in [-0.15, -0.1) is 12.4 Å². The second-order valence-corrected chi connectivity index (χ2v) is 5.72. The van der Waals surface area contributed by atoms with Crippen molar-refractivity contribution in [2.75, 3.05) is 19.8 Å². The van der Waals surface area contributed by atoms with Crippen molar-refractivity contribution in [3.8, 4) is 0 Å². The van der Waals surface area contributed by atoms with Crippen LogP contribution in [0.2, 0.25) is 0 Å². The van der Waals surface area contributed by atoms with E-state index in [4.69, 9.17) is 4.74 Å². The molecule has 1 amide bonds. The van der Waals surface area contributed by atoms with Gasteiger partial charge in [0, 0.05) is 12.6 Å². The van der Waals surface area contributed by atoms with Gasteiger partial charge < -0.3 is 15.4 Å². The normalized spacial score (nSPS) is 23.0. The average molecular weight is 311 g/mol. The Hall–Kier alpha value is -1.10. The standard InChI is InChI=1S/C16H22N2O2.ClH/c19-16(15-11-20-9-8-17-15)18-14(13-6-7-13)10-12-4-2-1-3-5-12;/h1-5,13-15,17H,6-11H2,(H,18,19);1H. The molecule has 2 atom stereocenters. The predicted molar refractivity (Wildman–Crippen MR) is 84.7 cm³/mol. The Morgan fingerprint density at radius 3 is 2.71 bits per heavy atom. The van der Waals surface area contributed by atoms with E-state index in [9.17, 15) is 4.79 Å². The molecular weight excluding hydrogens is 288 g/mol. The summed E-state index contributed by atoms with van der Waals surface area (Å²) in [6.45, 7) is 1.93. The van der Waals surface area contributed by atoms with Gasteiger partial charge in [-0.05, 0) is 30.7 Å². The van der Waals surface area contributed by atoms with Crippen LogP contribution in [-0.4, -0.2) is 37.7 Å². The molecule has 116 valence electrons. The van der Waals surface area contributed by atoms with E-state index in [2.05, 4.69) is 34.9 Å². The van der Waals surface area contributed by atoms with Crippen molar-refractivity contribution in [2.24, 2.45) is 5.92 Å². The highest BCUT2D eigenvalue weighted by atomic mass is 35.5. The summed E-state index contributed by atoms with van der Waals surface area (Å²) >= 11 is 0. The number of benzene rings is 1. The number of amides is 1. The first-order valence-electron chi connectivity index (χ1n) is 7.48. The molecule has 1 saturated carbocycles. The van der Waals surface area contributed by atoms with E-state index in [1.165, 1.54) is 18.4 Å². The summed E-state index contributed by atoms with van der Waals surface area (Å²) < 4.78 is 5.36. The molecule has 1 aromatic rings. The van der Waals surface area contributed by atoms with E-state index in [1.54, 1.807) is 0 Å². The molecule has 1 saturated heterocycles. The maximum Gasteiger partial charge on any atom is 0.239 e. The van der Waals surface area contributed by atoms with E-state index >= 15 is 0 Å². The van der Waals surface area contributed by atoms with Gasteiger partial charge in [0.05, 0.1) is 13.2 Å². The van der Waals surface area contributed by atoms with Gasteiger partial charge in [-0.1, -0.05) is 30.3 Å². The third-order valence-electron chi connectivity index (χ3n) is 4.06. The molecule has 0 radical (unpaired) electrons. The van der Waals surface area contributed by atoms with Crippen molar-refractivity contribution in [1.29, 1.82) is 0 Å². The second-order valence-electron chi connectivity index (χ2n) is 5.72. The SMILES string of the molecule is Cl.O=C(NC(Cc1ccccc1)C1CC1)C1COCCN1. The lowest BCUT2D eigenvalue weighted by Gasteiger charge is -2.26. The maximum atomic E-state index is 12.3. The molecule has 2 N–H and O–H groups in total. The van der Waals surface area contributed by atoms with Crippen molar-refractivity contribution in [3.05, 3.63) is 35.9 Å². The Labute approximate surface area is 132 Å². The smallest absolute Gasteiger partial charge is 0.239 e.